The molecule has 1 aromatic heterocycles. The van der Waals surface area contributed by atoms with E-state index in [1.165, 1.54) is 6.07 Å². The van der Waals surface area contributed by atoms with E-state index >= 15 is 0 Å². The Labute approximate surface area is 220 Å². The Morgan fingerprint density at radius 1 is 1.16 bits per heavy atom. The molecule has 200 valence electrons. The highest BCUT2D eigenvalue weighted by atomic mass is 32.2. The minimum Gasteiger partial charge on any atom is -0.350 e. The molecule has 2 atom stereocenters. The number of carbonyl (C=O) groups is 1. The van der Waals surface area contributed by atoms with E-state index in [1.54, 1.807) is 6.07 Å². The molecule has 2 aromatic rings. The van der Waals surface area contributed by atoms with Gasteiger partial charge in [-0.15, -0.1) is 11.3 Å². The second-order valence-electron chi connectivity index (χ2n) is 8.78. The third-order valence-electron chi connectivity index (χ3n) is 6.16. The lowest BCUT2D eigenvalue weighted by Gasteiger charge is -2.38. The number of benzene rings is 1. The maximum Gasteiger partial charge on any atom is 0.263 e. The van der Waals surface area contributed by atoms with E-state index in [-0.39, 0.29) is 30.3 Å². The van der Waals surface area contributed by atoms with Crippen LogP contribution in [0.1, 0.15) is 24.8 Å². The van der Waals surface area contributed by atoms with Crippen molar-refractivity contribution in [3.63, 3.8) is 0 Å². The van der Waals surface area contributed by atoms with Crippen molar-refractivity contribution >= 4 is 37.3 Å². The van der Waals surface area contributed by atoms with Gasteiger partial charge in [-0.05, 0) is 36.1 Å². The number of nitrogens with zero attached hydrogens (tertiary/aromatic N) is 3. The van der Waals surface area contributed by atoms with Crippen LogP contribution >= 0.6 is 11.3 Å². The van der Waals surface area contributed by atoms with Crippen LogP contribution in [-0.2, 0) is 40.8 Å². The Bertz CT molecular complexity index is 1360. The van der Waals surface area contributed by atoms with E-state index in [2.05, 4.69) is 11.5 Å². The van der Waals surface area contributed by atoms with E-state index in [4.69, 9.17) is 14.8 Å². The first-order chi connectivity index (χ1) is 17.6. The molecule has 0 bridgehead atoms. The SMILES string of the molecule is CS(=O)(=O)N1CCN(S(=O)(=O)c2ccc(-c3ccc(CC#N)cc3)s2)C(C(=O)NOC2CCCCO2)C1. The van der Waals surface area contributed by atoms with Gasteiger partial charge >= 0.3 is 0 Å². The number of piperazine rings is 1. The van der Waals surface area contributed by atoms with Gasteiger partial charge in [0, 0.05) is 37.5 Å². The summed E-state index contributed by atoms with van der Waals surface area (Å²) >= 11 is 1.05. The minimum absolute atomic E-state index is 0.0331. The predicted molar refractivity (Wildman–Crippen MR) is 136 cm³/mol. The molecular weight excluding hydrogens is 540 g/mol. The van der Waals surface area contributed by atoms with Crippen molar-refractivity contribution in [2.45, 2.75) is 42.2 Å². The second kappa shape index (κ2) is 11.6. The van der Waals surface area contributed by atoms with E-state index in [1.807, 2.05) is 24.3 Å². The van der Waals surface area contributed by atoms with Gasteiger partial charge in [-0.3, -0.25) is 4.79 Å². The molecule has 1 amide bonds. The number of sulfonamides is 2. The van der Waals surface area contributed by atoms with Gasteiger partial charge in [0.25, 0.3) is 15.9 Å². The van der Waals surface area contributed by atoms with E-state index in [0.29, 0.717) is 17.9 Å². The zero-order valence-electron chi connectivity index (χ0n) is 20.2. The highest BCUT2D eigenvalue weighted by Gasteiger charge is 2.43. The highest BCUT2D eigenvalue weighted by Crippen LogP contribution is 2.34. The van der Waals surface area contributed by atoms with Crippen LogP contribution in [0.4, 0.5) is 0 Å². The first-order valence-corrected chi connectivity index (χ1v) is 15.8. The van der Waals surface area contributed by atoms with Crippen LogP contribution < -0.4 is 5.48 Å². The summed E-state index contributed by atoms with van der Waals surface area (Å²) in [7, 11) is -7.78. The van der Waals surface area contributed by atoms with E-state index in [0.717, 1.165) is 50.2 Å². The van der Waals surface area contributed by atoms with Gasteiger partial charge in [0.15, 0.2) is 6.29 Å². The quantitative estimate of drug-likeness (QED) is 0.474. The Balaban J connectivity index is 1.55. The zero-order valence-corrected chi connectivity index (χ0v) is 22.6. The number of nitriles is 1. The molecular formula is C23H28N4O7S3. The molecule has 0 aliphatic carbocycles. The van der Waals surface area contributed by atoms with Gasteiger partial charge in [-0.2, -0.15) is 13.9 Å². The molecule has 4 rings (SSSR count). The number of amides is 1. The topological polar surface area (TPSA) is 146 Å². The monoisotopic (exact) mass is 568 g/mol. The summed E-state index contributed by atoms with van der Waals surface area (Å²) in [6.07, 6.45) is 3.00. The zero-order chi connectivity index (χ0) is 26.6. The summed E-state index contributed by atoms with van der Waals surface area (Å²) < 4.78 is 59.2. The molecule has 1 N–H and O–H groups in total. The Kier molecular flexibility index (Phi) is 8.64. The number of nitrogens with one attached hydrogen (secondary N) is 1. The van der Waals surface area contributed by atoms with Gasteiger partial charge < -0.3 is 4.74 Å². The molecule has 11 nitrogen and oxygen atoms in total. The smallest absolute Gasteiger partial charge is 0.263 e. The van der Waals surface area contributed by atoms with Crippen molar-refractivity contribution < 1.29 is 31.2 Å². The number of hydroxylamine groups is 1. The predicted octanol–water partition coefficient (Wildman–Crippen LogP) is 1.69. The average Bonchev–Trinajstić information content (AvgIpc) is 3.39. The van der Waals surface area contributed by atoms with Crippen molar-refractivity contribution in [1.82, 2.24) is 14.1 Å². The normalized spacial score (nSPS) is 21.8. The van der Waals surface area contributed by atoms with Crippen molar-refractivity contribution in [2.24, 2.45) is 0 Å². The first kappa shape index (κ1) is 27.6. The van der Waals surface area contributed by atoms with Crippen molar-refractivity contribution in [3.05, 3.63) is 42.0 Å². The molecule has 0 saturated carbocycles. The van der Waals surface area contributed by atoms with Gasteiger partial charge in [0.05, 0.1) is 18.7 Å². The number of rotatable bonds is 8. The fourth-order valence-electron chi connectivity index (χ4n) is 4.15. The van der Waals surface area contributed by atoms with Crippen LogP contribution in [0.15, 0.2) is 40.6 Å². The number of thiophene rings is 1. The molecule has 14 heteroatoms. The first-order valence-electron chi connectivity index (χ1n) is 11.7. The number of hydrogen-bond donors (Lipinski definition) is 1. The fraction of sp³-hybridized carbons (Fsp3) is 0.478. The number of carbonyl (C=O) groups excluding carboxylic acids is 1. The van der Waals surface area contributed by atoms with Crippen LogP contribution in [-0.4, -0.2) is 76.2 Å². The molecule has 3 heterocycles. The summed E-state index contributed by atoms with van der Waals surface area (Å²) in [5.41, 5.74) is 3.94. The van der Waals surface area contributed by atoms with Gasteiger partial charge in [-0.1, -0.05) is 24.3 Å². The lowest BCUT2D eigenvalue weighted by Crippen LogP contribution is -2.61. The summed E-state index contributed by atoms with van der Waals surface area (Å²) in [5, 5.41) is 8.85. The molecule has 2 saturated heterocycles. The molecule has 2 aliphatic heterocycles. The third kappa shape index (κ3) is 6.55. The van der Waals surface area contributed by atoms with Crippen molar-refractivity contribution in [2.75, 3.05) is 32.5 Å². The van der Waals surface area contributed by atoms with Crippen LogP contribution in [0.2, 0.25) is 0 Å². The lowest BCUT2D eigenvalue weighted by molar-refractivity contribution is -0.202. The van der Waals surface area contributed by atoms with Gasteiger partial charge in [-0.25, -0.2) is 27.2 Å². The maximum atomic E-state index is 13.6. The minimum atomic E-state index is -4.13. The summed E-state index contributed by atoms with van der Waals surface area (Å²) in [5.74, 6) is -0.768. The van der Waals surface area contributed by atoms with Crippen LogP contribution in [0.25, 0.3) is 10.4 Å². The molecule has 1 aromatic carbocycles. The lowest BCUT2D eigenvalue weighted by atomic mass is 10.1. The third-order valence-corrected chi connectivity index (χ3v) is 10.9. The maximum absolute atomic E-state index is 13.6. The molecule has 0 radical (unpaired) electrons. The Morgan fingerprint density at radius 2 is 1.92 bits per heavy atom. The largest absolute Gasteiger partial charge is 0.350 e. The van der Waals surface area contributed by atoms with E-state index < -0.39 is 38.3 Å². The van der Waals surface area contributed by atoms with Gasteiger partial charge in [0.2, 0.25) is 10.0 Å². The summed E-state index contributed by atoms with van der Waals surface area (Å²) in [4.78, 5) is 19.1. The summed E-state index contributed by atoms with van der Waals surface area (Å²) in [6.45, 7) is -0.109. The average molecular weight is 569 g/mol. The van der Waals surface area contributed by atoms with Crippen LogP contribution in [0.3, 0.4) is 0 Å². The highest BCUT2D eigenvalue weighted by molar-refractivity contribution is 7.91. The Hall–Kier alpha value is -2.38. The van der Waals surface area contributed by atoms with Crippen molar-refractivity contribution in [1.29, 1.82) is 5.26 Å². The molecule has 0 spiro atoms. The van der Waals surface area contributed by atoms with Crippen molar-refractivity contribution in [3.8, 4) is 16.5 Å². The fourth-order valence-corrected chi connectivity index (χ4v) is 7.98. The summed E-state index contributed by atoms with van der Waals surface area (Å²) in [6, 6.07) is 11.2. The van der Waals surface area contributed by atoms with E-state index in [9.17, 15) is 21.6 Å². The second-order valence-corrected chi connectivity index (χ2v) is 14.0. The number of hydrogen-bond acceptors (Lipinski definition) is 9. The Morgan fingerprint density at radius 3 is 2.57 bits per heavy atom. The molecule has 2 aliphatic rings. The van der Waals surface area contributed by atoms with Crippen LogP contribution in [0.5, 0.6) is 0 Å². The molecule has 37 heavy (non-hydrogen) atoms. The molecule has 2 fully saturated rings. The van der Waals surface area contributed by atoms with Crippen LogP contribution in [0, 0.1) is 11.3 Å². The number of ether oxygens (including phenoxy) is 1. The van der Waals surface area contributed by atoms with Gasteiger partial charge in [0.1, 0.15) is 10.3 Å². The standard InChI is InChI=1S/C23H28N4O7S3/c1-36(29,30)26-13-14-27(19(16-26)23(28)25-34-21-4-2-3-15-33-21)37(31,32)22-10-9-20(35-22)18-7-5-17(6-8-18)11-12-24/h5-10,19,21H,2-4,11,13-16H2,1H3,(H,25,28). The molecule has 2 unspecified atom stereocenters.